The maximum absolute atomic E-state index is 5.78. The number of hydrogen-bond donors (Lipinski definition) is 1. The van der Waals surface area contributed by atoms with E-state index in [1.807, 2.05) is 37.4 Å². The number of nitrogens with zero attached hydrogens (tertiary/aromatic N) is 1. The van der Waals surface area contributed by atoms with Gasteiger partial charge in [-0.05, 0) is 36.9 Å². The van der Waals surface area contributed by atoms with E-state index >= 15 is 0 Å². The molecule has 3 nitrogen and oxygen atoms in total. The fraction of sp³-hybridized carbons (Fsp3) is 0.133. The van der Waals surface area contributed by atoms with Crippen molar-refractivity contribution in [3.63, 3.8) is 0 Å². The summed E-state index contributed by atoms with van der Waals surface area (Å²) >= 11 is 1.56. The minimum Gasteiger partial charge on any atom is -0.431 e. The summed E-state index contributed by atoms with van der Waals surface area (Å²) in [7, 11) is 1.94. The SMILES string of the molecule is CNCc1ccc(Oc2nc3ccccc3s2)cc1. The lowest BCUT2D eigenvalue weighted by Gasteiger charge is -2.03. The molecule has 0 aliphatic heterocycles. The lowest BCUT2D eigenvalue weighted by atomic mass is 10.2. The van der Waals surface area contributed by atoms with Crippen LogP contribution in [0, 0.1) is 0 Å². The molecule has 1 aromatic heterocycles. The van der Waals surface area contributed by atoms with Crippen LogP contribution in [-0.2, 0) is 6.54 Å². The topological polar surface area (TPSA) is 34.1 Å². The molecule has 0 spiro atoms. The van der Waals surface area contributed by atoms with Gasteiger partial charge in [0.25, 0.3) is 5.19 Å². The van der Waals surface area contributed by atoms with Crippen LogP contribution in [0.3, 0.4) is 0 Å². The van der Waals surface area contributed by atoms with Crippen molar-refractivity contribution in [1.82, 2.24) is 10.3 Å². The Balaban J connectivity index is 1.80. The number of hydrogen-bond acceptors (Lipinski definition) is 4. The van der Waals surface area contributed by atoms with E-state index in [2.05, 4.69) is 28.5 Å². The van der Waals surface area contributed by atoms with Crippen molar-refractivity contribution in [3.05, 3.63) is 54.1 Å². The molecule has 3 aromatic rings. The summed E-state index contributed by atoms with van der Waals surface area (Å²) in [6.45, 7) is 0.863. The normalized spacial score (nSPS) is 10.8. The van der Waals surface area contributed by atoms with E-state index in [1.165, 1.54) is 5.56 Å². The van der Waals surface area contributed by atoms with Crippen LogP contribution in [0.4, 0.5) is 0 Å². The van der Waals surface area contributed by atoms with Gasteiger partial charge < -0.3 is 10.1 Å². The van der Waals surface area contributed by atoms with Crippen LogP contribution < -0.4 is 10.1 Å². The number of nitrogens with one attached hydrogen (secondary N) is 1. The first-order valence-corrected chi connectivity index (χ1v) is 6.94. The monoisotopic (exact) mass is 270 g/mol. The lowest BCUT2D eigenvalue weighted by molar-refractivity contribution is 0.480. The first-order chi connectivity index (χ1) is 9.35. The Bertz CT molecular complexity index is 643. The largest absolute Gasteiger partial charge is 0.431 e. The van der Waals surface area contributed by atoms with Gasteiger partial charge in [0, 0.05) is 6.54 Å². The molecule has 0 saturated heterocycles. The van der Waals surface area contributed by atoms with Gasteiger partial charge in [-0.1, -0.05) is 35.6 Å². The van der Waals surface area contributed by atoms with E-state index < -0.39 is 0 Å². The first-order valence-electron chi connectivity index (χ1n) is 6.12. The van der Waals surface area contributed by atoms with Crippen molar-refractivity contribution in [3.8, 4) is 10.9 Å². The highest BCUT2D eigenvalue weighted by Crippen LogP contribution is 2.30. The van der Waals surface area contributed by atoms with Gasteiger partial charge >= 0.3 is 0 Å². The first kappa shape index (κ1) is 12.1. The van der Waals surface area contributed by atoms with Crippen molar-refractivity contribution in [1.29, 1.82) is 0 Å². The number of para-hydroxylation sites is 1. The van der Waals surface area contributed by atoms with Gasteiger partial charge in [0.1, 0.15) is 5.75 Å². The minimum atomic E-state index is 0.683. The van der Waals surface area contributed by atoms with Gasteiger partial charge in [0.15, 0.2) is 0 Å². The minimum absolute atomic E-state index is 0.683. The average Bonchev–Trinajstić information content (AvgIpc) is 2.83. The second-order valence-electron chi connectivity index (χ2n) is 4.22. The van der Waals surface area contributed by atoms with Crippen LogP contribution in [0.1, 0.15) is 5.56 Å². The Labute approximate surface area is 115 Å². The van der Waals surface area contributed by atoms with Crippen molar-refractivity contribution >= 4 is 21.6 Å². The molecule has 1 heterocycles. The number of fused-ring (bicyclic) bond motifs is 1. The predicted octanol–water partition coefficient (Wildman–Crippen LogP) is 3.81. The van der Waals surface area contributed by atoms with Gasteiger partial charge in [-0.3, -0.25) is 0 Å². The molecule has 0 radical (unpaired) electrons. The van der Waals surface area contributed by atoms with Crippen molar-refractivity contribution in [2.45, 2.75) is 6.54 Å². The number of ether oxygens (including phenoxy) is 1. The van der Waals surface area contributed by atoms with E-state index in [0.29, 0.717) is 5.19 Å². The zero-order valence-electron chi connectivity index (χ0n) is 10.6. The van der Waals surface area contributed by atoms with E-state index in [4.69, 9.17) is 4.74 Å². The molecule has 0 atom stereocenters. The molecule has 0 aliphatic rings. The molecule has 4 heteroatoms. The zero-order chi connectivity index (χ0) is 13.1. The Morgan fingerprint density at radius 3 is 2.63 bits per heavy atom. The summed E-state index contributed by atoms with van der Waals surface area (Å²) in [5, 5.41) is 3.80. The van der Waals surface area contributed by atoms with Gasteiger partial charge in [0.05, 0.1) is 10.2 Å². The second kappa shape index (κ2) is 5.38. The molecule has 19 heavy (non-hydrogen) atoms. The summed E-state index contributed by atoms with van der Waals surface area (Å²) in [5.41, 5.74) is 2.22. The van der Waals surface area contributed by atoms with E-state index in [9.17, 15) is 0 Å². The van der Waals surface area contributed by atoms with Crippen LogP contribution in [-0.4, -0.2) is 12.0 Å². The highest BCUT2D eigenvalue weighted by Gasteiger charge is 2.05. The van der Waals surface area contributed by atoms with E-state index in [1.54, 1.807) is 11.3 Å². The van der Waals surface area contributed by atoms with Crippen molar-refractivity contribution in [2.24, 2.45) is 0 Å². The summed E-state index contributed by atoms with van der Waals surface area (Å²) < 4.78 is 6.93. The molecule has 0 aliphatic carbocycles. The Kier molecular flexibility index (Phi) is 3.44. The second-order valence-corrected chi connectivity index (χ2v) is 5.22. The van der Waals surface area contributed by atoms with E-state index in [-0.39, 0.29) is 0 Å². The smallest absolute Gasteiger partial charge is 0.279 e. The maximum atomic E-state index is 5.78. The molecule has 1 N–H and O–H groups in total. The summed E-state index contributed by atoms with van der Waals surface area (Å²) in [4.78, 5) is 4.45. The van der Waals surface area contributed by atoms with Gasteiger partial charge in [0.2, 0.25) is 0 Å². The molecule has 3 rings (SSSR count). The third-order valence-corrected chi connectivity index (χ3v) is 3.70. The van der Waals surface area contributed by atoms with Crippen LogP contribution >= 0.6 is 11.3 Å². The van der Waals surface area contributed by atoms with Crippen molar-refractivity contribution in [2.75, 3.05) is 7.05 Å². The number of rotatable bonds is 4. The third kappa shape index (κ3) is 2.75. The Morgan fingerprint density at radius 1 is 1.11 bits per heavy atom. The number of thiazole rings is 1. The maximum Gasteiger partial charge on any atom is 0.279 e. The molecular formula is C15H14N2OS. The standard InChI is InChI=1S/C15H14N2OS/c1-16-10-11-6-8-12(9-7-11)18-15-17-13-4-2-3-5-14(13)19-15/h2-9,16H,10H2,1H3. The van der Waals surface area contributed by atoms with Gasteiger partial charge in [-0.15, -0.1) is 0 Å². The fourth-order valence-electron chi connectivity index (χ4n) is 1.88. The third-order valence-electron chi connectivity index (χ3n) is 2.78. The molecule has 0 bridgehead atoms. The van der Waals surface area contributed by atoms with Gasteiger partial charge in [-0.25, -0.2) is 4.98 Å². The molecule has 0 saturated carbocycles. The number of aromatic nitrogens is 1. The molecule has 96 valence electrons. The zero-order valence-corrected chi connectivity index (χ0v) is 11.4. The van der Waals surface area contributed by atoms with Crippen LogP contribution in [0.25, 0.3) is 10.2 Å². The Morgan fingerprint density at radius 2 is 1.89 bits per heavy atom. The highest BCUT2D eigenvalue weighted by atomic mass is 32.1. The van der Waals surface area contributed by atoms with E-state index in [0.717, 1.165) is 22.5 Å². The number of benzene rings is 2. The molecule has 0 unspecified atom stereocenters. The summed E-state index contributed by atoms with van der Waals surface area (Å²) in [6, 6.07) is 16.1. The lowest BCUT2D eigenvalue weighted by Crippen LogP contribution is -2.04. The Hall–Kier alpha value is -1.91. The fourth-order valence-corrected chi connectivity index (χ4v) is 2.71. The predicted molar refractivity (Wildman–Crippen MR) is 78.9 cm³/mol. The molecular weight excluding hydrogens is 256 g/mol. The molecule has 2 aromatic carbocycles. The summed E-state index contributed by atoms with van der Waals surface area (Å²) in [5.74, 6) is 0.818. The highest BCUT2D eigenvalue weighted by molar-refractivity contribution is 7.20. The summed E-state index contributed by atoms with van der Waals surface area (Å²) in [6.07, 6.45) is 0. The molecule has 0 amide bonds. The van der Waals surface area contributed by atoms with Crippen LogP contribution in [0.2, 0.25) is 0 Å². The average molecular weight is 270 g/mol. The van der Waals surface area contributed by atoms with Crippen LogP contribution in [0.5, 0.6) is 10.9 Å². The van der Waals surface area contributed by atoms with Crippen LogP contribution in [0.15, 0.2) is 48.5 Å². The molecule has 0 fully saturated rings. The van der Waals surface area contributed by atoms with Gasteiger partial charge in [-0.2, -0.15) is 0 Å². The van der Waals surface area contributed by atoms with Crippen molar-refractivity contribution < 1.29 is 4.74 Å². The quantitative estimate of drug-likeness (QED) is 0.783.